The molecule has 0 bridgehead atoms. The van der Waals surface area contributed by atoms with Crippen LogP contribution in [0.2, 0.25) is 0 Å². The van der Waals surface area contributed by atoms with Gasteiger partial charge in [-0.25, -0.2) is 4.98 Å². The number of pyridine rings is 1. The summed E-state index contributed by atoms with van der Waals surface area (Å²) in [5.41, 5.74) is 0. The van der Waals surface area contributed by atoms with E-state index in [1.165, 1.54) is 0 Å². The Hall–Kier alpha value is -0.200. The predicted molar refractivity (Wildman–Crippen MR) is 95.6 cm³/mol. The molecule has 1 heterocycles. The Morgan fingerprint density at radius 3 is 1.71 bits per heavy atom. The van der Waals surface area contributed by atoms with Crippen LogP contribution in [0.25, 0.3) is 0 Å². The lowest BCUT2D eigenvalue weighted by Crippen LogP contribution is -2.15. The van der Waals surface area contributed by atoms with Crippen molar-refractivity contribution >= 4 is 27.0 Å². The first-order chi connectivity index (χ1) is 11.5. The molecular weight excluding hydrogens is 372 g/mol. The van der Waals surface area contributed by atoms with Gasteiger partial charge < -0.3 is 18.1 Å². The van der Waals surface area contributed by atoms with E-state index in [1.807, 2.05) is 0 Å². The second-order valence-electron chi connectivity index (χ2n) is 4.36. The summed E-state index contributed by atoms with van der Waals surface area (Å²) in [4.78, 5) is 4.18. The number of thioether (sulfide) groups is 1. The Balaban J connectivity index is 3.32. The maximum atomic E-state index is 13.3. The number of hydrogen-bond donors (Lipinski definition) is 0. The van der Waals surface area contributed by atoms with Crippen LogP contribution in [0.15, 0.2) is 29.4 Å². The summed E-state index contributed by atoms with van der Waals surface area (Å²) in [6, 6.07) is 5.27. The van der Waals surface area contributed by atoms with Crippen LogP contribution in [-0.4, -0.2) is 36.1 Å². The Kier molecular flexibility index (Phi) is 9.75. The van der Waals surface area contributed by atoms with Crippen LogP contribution in [0, 0.1) is 0 Å². The van der Waals surface area contributed by atoms with Gasteiger partial charge in [0.15, 0.2) is 0 Å². The fourth-order valence-corrected chi connectivity index (χ4v) is 9.07. The molecule has 0 unspecified atom stereocenters. The normalized spacial score (nSPS) is 12.7. The van der Waals surface area contributed by atoms with E-state index in [0.29, 0.717) is 5.03 Å². The summed E-state index contributed by atoms with van der Waals surface area (Å²) in [5, 5.41) is 0.529. The highest BCUT2D eigenvalue weighted by Gasteiger charge is 2.52. The van der Waals surface area contributed by atoms with E-state index in [1.54, 1.807) is 52.1 Å². The third-order valence-electron chi connectivity index (χ3n) is 2.64. The van der Waals surface area contributed by atoms with Crippen molar-refractivity contribution in [2.45, 2.75) is 37.5 Å². The highest BCUT2D eigenvalue weighted by Crippen LogP contribution is 2.74. The Morgan fingerprint density at radius 1 is 0.917 bits per heavy atom. The standard InChI is InChI=1S/C14H25NO6P2S/c1-5-18-22(16,19-6-2)14(23(17,20-7-3)21-8-4)24-13-11-9-10-12-15-13/h9-12,14H,5-8H2,1-4H3. The quantitative estimate of drug-likeness (QED) is 0.360. The fraction of sp³-hybridized carbons (Fsp3) is 0.643. The van der Waals surface area contributed by atoms with E-state index < -0.39 is 19.9 Å². The minimum absolute atomic E-state index is 0.148. The van der Waals surface area contributed by atoms with Gasteiger partial charge >= 0.3 is 15.2 Å². The zero-order chi connectivity index (χ0) is 18.1. The summed E-state index contributed by atoms with van der Waals surface area (Å²) in [7, 11) is -7.53. The lowest BCUT2D eigenvalue weighted by Gasteiger charge is -2.30. The van der Waals surface area contributed by atoms with Crippen LogP contribution < -0.4 is 0 Å². The topological polar surface area (TPSA) is 84.0 Å². The third-order valence-corrected chi connectivity index (χ3v) is 10.8. The van der Waals surface area contributed by atoms with Gasteiger partial charge in [-0.2, -0.15) is 0 Å². The van der Waals surface area contributed by atoms with Gasteiger partial charge in [0, 0.05) is 6.20 Å². The summed E-state index contributed by atoms with van der Waals surface area (Å²) >= 11 is 1.03. The molecule has 0 aromatic carbocycles. The SMILES string of the molecule is CCOP(=O)(OCC)C(Sc1ccccn1)P(=O)(OCC)OCC. The predicted octanol–water partition coefficient (Wildman–Crippen LogP) is 4.99. The average Bonchev–Trinajstić information content (AvgIpc) is 2.54. The molecular formula is C14H25NO6P2S. The van der Waals surface area contributed by atoms with Crippen molar-refractivity contribution < 1.29 is 27.2 Å². The molecule has 24 heavy (non-hydrogen) atoms. The minimum Gasteiger partial charge on any atom is -0.308 e. The molecule has 0 aliphatic heterocycles. The van der Waals surface area contributed by atoms with E-state index in [2.05, 4.69) is 4.98 Å². The molecule has 0 aliphatic carbocycles. The van der Waals surface area contributed by atoms with Crippen LogP contribution in [0.3, 0.4) is 0 Å². The fourth-order valence-electron chi connectivity index (χ4n) is 1.88. The maximum Gasteiger partial charge on any atom is 0.356 e. The largest absolute Gasteiger partial charge is 0.356 e. The first-order valence-electron chi connectivity index (χ1n) is 7.81. The lowest BCUT2D eigenvalue weighted by molar-refractivity contribution is 0.203. The van der Waals surface area contributed by atoms with Gasteiger partial charge in [0.2, 0.25) is 4.73 Å². The number of aromatic nitrogens is 1. The molecule has 0 aliphatic rings. The van der Waals surface area contributed by atoms with Crippen molar-refractivity contribution in [3.63, 3.8) is 0 Å². The van der Waals surface area contributed by atoms with Crippen LogP contribution >= 0.6 is 27.0 Å². The number of nitrogens with zero attached hydrogens (tertiary/aromatic N) is 1. The minimum atomic E-state index is -3.77. The molecule has 0 N–H and O–H groups in total. The maximum absolute atomic E-state index is 13.3. The Morgan fingerprint density at radius 2 is 1.38 bits per heavy atom. The molecule has 0 saturated carbocycles. The molecule has 1 rings (SSSR count). The van der Waals surface area contributed by atoms with Gasteiger partial charge in [0.05, 0.1) is 31.5 Å². The van der Waals surface area contributed by atoms with Crippen molar-refractivity contribution in [3.05, 3.63) is 24.4 Å². The molecule has 1 aromatic rings. The van der Waals surface area contributed by atoms with Crippen LogP contribution in [0.4, 0.5) is 0 Å². The van der Waals surface area contributed by atoms with Crippen molar-refractivity contribution in [3.8, 4) is 0 Å². The van der Waals surface area contributed by atoms with Gasteiger partial charge in [-0.3, -0.25) is 9.13 Å². The van der Waals surface area contributed by atoms with Crippen molar-refractivity contribution in [2.24, 2.45) is 0 Å². The van der Waals surface area contributed by atoms with E-state index in [-0.39, 0.29) is 26.4 Å². The van der Waals surface area contributed by atoms with Crippen LogP contribution in [0.5, 0.6) is 0 Å². The van der Waals surface area contributed by atoms with Crippen LogP contribution in [-0.2, 0) is 27.2 Å². The second kappa shape index (κ2) is 10.7. The van der Waals surface area contributed by atoms with Gasteiger partial charge in [-0.05, 0) is 39.8 Å². The first kappa shape index (κ1) is 21.8. The van der Waals surface area contributed by atoms with E-state index in [4.69, 9.17) is 18.1 Å². The van der Waals surface area contributed by atoms with Gasteiger partial charge in [0.25, 0.3) is 0 Å². The van der Waals surface area contributed by atoms with Crippen molar-refractivity contribution in [1.82, 2.24) is 4.98 Å². The van der Waals surface area contributed by atoms with Crippen molar-refractivity contribution in [1.29, 1.82) is 0 Å². The summed E-state index contributed by atoms with van der Waals surface area (Å²) in [5.74, 6) is 0. The molecule has 0 spiro atoms. The second-order valence-corrected chi connectivity index (χ2v) is 10.8. The molecule has 0 amide bonds. The molecule has 0 fully saturated rings. The summed E-state index contributed by atoms with van der Waals surface area (Å²) in [6.45, 7) is 7.37. The Labute approximate surface area is 147 Å². The molecule has 0 atom stereocenters. The molecule has 1 aromatic heterocycles. The van der Waals surface area contributed by atoms with Crippen LogP contribution in [0.1, 0.15) is 27.7 Å². The monoisotopic (exact) mass is 397 g/mol. The van der Waals surface area contributed by atoms with E-state index in [9.17, 15) is 9.13 Å². The summed E-state index contributed by atoms with van der Waals surface area (Å²) in [6.07, 6.45) is 1.60. The molecule has 10 heteroatoms. The smallest absolute Gasteiger partial charge is 0.308 e. The zero-order valence-electron chi connectivity index (χ0n) is 14.4. The highest BCUT2D eigenvalue weighted by molar-refractivity contribution is 8.12. The number of hydrogen-bond acceptors (Lipinski definition) is 8. The molecule has 0 saturated heterocycles. The van der Waals surface area contributed by atoms with Crippen molar-refractivity contribution in [2.75, 3.05) is 26.4 Å². The van der Waals surface area contributed by atoms with Gasteiger partial charge in [-0.1, -0.05) is 17.8 Å². The average molecular weight is 397 g/mol. The van der Waals surface area contributed by atoms with E-state index >= 15 is 0 Å². The zero-order valence-corrected chi connectivity index (χ0v) is 17.0. The van der Waals surface area contributed by atoms with E-state index in [0.717, 1.165) is 11.8 Å². The molecule has 7 nitrogen and oxygen atoms in total. The van der Waals surface area contributed by atoms with Gasteiger partial charge in [0.1, 0.15) is 0 Å². The summed E-state index contributed by atoms with van der Waals surface area (Å²) < 4.78 is 47.0. The third kappa shape index (κ3) is 5.95. The molecule has 138 valence electrons. The van der Waals surface area contributed by atoms with Gasteiger partial charge in [-0.15, -0.1) is 0 Å². The number of rotatable bonds is 12. The first-order valence-corrected chi connectivity index (χ1v) is 11.9. The lowest BCUT2D eigenvalue weighted by atomic mass is 10.5. The highest BCUT2D eigenvalue weighted by atomic mass is 32.2. The Bertz CT molecular complexity index is 524. The molecule has 0 radical (unpaired) electrons.